The SMILES string of the molecule is CCOC(=O)C(=NOC12CCC(CC1)CC2)C(=O)CBr. The van der Waals surface area contributed by atoms with Crippen LogP contribution in [0.5, 0.6) is 0 Å². The van der Waals surface area contributed by atoms with E-state index in [0.29, 0.717) is 0 Å². The average Bonchev–Trinajstić information content (AvgIpc) is 2.49. The van der Waals surface area contributed by atoms with Gasteiger partial charge in [0.2, 0.25) is 11.5 Å². The highest BCUT2D eigenvalue weighted by Crippen LogP contribution is 2.46. The zero-order valence-electron chi connectivity index (χ0n) is 11.7. The first kappa shape index (κ1) is 15.5. The smallest absolute Gasteiger partial charge is 0.364 e. The van der Waals surface area contributed by atoms with Gasteiger partial charge in [-0.1, -0.05) is 21.1 Å². The number of hydrogen-bond donors (Lipinski definition) is 0. The third kappa shape index (κ3) is 3.40. The maximum atomic E-state index is 11.7. The molecule has 3 aliphatic carbocycles. The first-order valence-corrected chi connectivity index (χ1v) is 8.25. The van der Waals surface area contributed by atoms with E-state index >= 15 is 0 Å². The highest BCUT2D eigenvalue weighted by atomic mass is 79.9. The summed E-state index contributed by atoms with van der Waals surface area (Å²) in [5.41, 5.74) is -0.523. The van der Waals surface area contributed by atoms with Gasteiger partial charge in [-0.3, -0.25) is 4.79 Å². The molecule has 0 radical (unpaired) electrons. The molecule has 3 rings (SSSR count). The van der Waals surface area contributed by atoms with E-state index in [2.05, 4.69) is 21.1 Å². The van der Waals surface area contributed by atoms with E-state index in [1.165, 1.54) is 0 Å². The summed E-state index contributed by atoms with van der Waals surface area (Å²) in [6, 6.07) is 0. The Labute approximate surface area is 127 Å². The van der Waals surface area contributed by atoms with E-state index in [1.807, 2.05) is 0 Å². The van der Waals surface area contributed by atoms with Crippen molar-refractivity contribution in [3.63, 3.8) is 0 Å². The van der Waals surface area contributed by atoms with Gasteiger partial charge in [-0.05, 0) is 51.4 Å². The van der Waals surface area contributed by atoms with Crippen LogP contribution in [0.4, 0.5) is 0 Å². The molecule has 20 heavy (non-hydrogen) atoms. The number of oxime groups is 1. The number of Topliss-reactive ketones (excluding diaryl/α,β-unsaturated/α-hetero) is 1. The van der Waals surface area contributed by atoms with Gasteiger partial charge in [0.05, 0.1) is 11.9 Å². The van der Waals surface area contributed by atoms with E-state index in [4.69, 9.17) is 9.57 Å². The lowest BCUT2D eigenvalue weighted by Crippen LogP contribution is -2.42. The lowest BCUT2D eigenvalue weighted by molar-refractivity contribution is -0.137. The van der Waals surface area contributed by atoms with Gasteiger partial charge < -0.3 is 9.57 Å². The minimum absolute atomic E-state index is 0.0308. The minimum Gasteiger partial charge on any atom is -0.461 e. The molecule has 112 valence electrons. The number of carbonyl (C=O) groups excluding carboxylic acids is 2. The van der Waals surface area contributed by atoms with Crippen LogP contribution in [0, 0.1) is 5.92 Å². The lowest BCUT2D eigenvalue weighted by atomic mass is 9.68. The molecule has 0 aromatic carbocycles. The quantitative estimate of drug-likeness (QED) is 0.244. The molecule has 2 bridgehead atoms. The van der Waals surface area contributed by atoms with Gasteiger partial charge in [-0.15, -0.1) is 0 Å². The van der Waals surface area contributed by atoms with Crippen molar-refractivity contribution in [1.29, 1.82) is 0 Å². The number of alkyl halides is 1. The summed E-state index contributed by atoms with van der Waals surface area (Å²) in [4.78, 5) is 29.1. The zero-order chi connectivity index (χ0) is 14.6. The predicted molar refractivity (Wildman–Crippen MR) is 77.9 cm³/mol. The van der Waals surface area contributed by atoms with Crippen molar-refractivity contribution >= 4 is 33.4 Å². The summed E-state index contributed by atoms with van der Waals surface area (Å²) < 4.78 is 4.85. The van der Waals surface area contributed by atoms with Gasteiger partial charge in [0.25, 0.3) is 0 Å². The van der Waals surface area contributed by atoms with E-state index in [0.717, 1.165) is 44.4 Å². The van der Waals surface area contributed by atoms with Gasteiger partial charge in [0.15, 0.2) is 0 Å². The predicted octanol–water partition coefficient (Wildman–Crippen LogP) is 2.61. The number of carbonyl (C=O) groups is 2. The number of nitrogens with zero attached hydrogens (tertiary/aromatic N) is 1. The highest BCUT2D eigenvalue weighted by Gasteiger charge is 2.43. The third-order valence-corrected chi connectivity index (χ3v) is 4.72. The first-order valence-electron chi connectivity index (χ1n) is 7.12. The van der Waals surface area contributed by atoms with Crippen molar-refractivity contribution in [3.8, 4) is 0 Å². The van der Waals surface area contributed by atoms with Gasteiger partial charge in [-0.25, -0.2) is 4.79 Å². The molecule has 0 aliphatic heterocycles. The second kappa shape index (κ2) is 6.70. The van der Waals surface area contributed by atoms with Crippen LogP contribution < -0.4 is 0 Å². The summed E-state index contributed by atoms with van der Waals surface area (Å²) in [7, 11) is 0. The molecular formula is C14H20BrNO4. The second-order valence-electron chi connectivity index (χ2n) is 5.47. The Bertz CT molecular complexity index is 400. The lowest BCUT2D eigenvalue weighted by Gasteiger charge is -2.44. The molecule has 3 saturated carbocycles. The summed E-state index contributed by atoms with van der Waals surface area (Å²) in [6.07, 6.45) is 6.32. The fourth-order valence-corrected chi connectivity index (χ4v) is 3.22. The van der Waals surface area contributed by atoms with Crippen molar-refractivity contribution in [2.24, 2.45) is 11.1 Å². The van der Waals surface area contributed by atoms with Crippen LogP contribution in [0.15, 0.2) is 5.16 Å². The van der Waals surface area contributed by atoms with Gasteiger partial charge in [0, 0.05) is 0 Å². The average molecular weight is 346 g/mol. The standard InChI is InChI=1S/C14H20BrNO4/c1-2-19-13(18)12(11(17)9-15)16-20-14-6-3-10(4-7-14)5-8-14/h10H,2-9H2,1H3. The fraction of sp³-hybridized carbons (Fsp3) is 0.786. The molecule has 3 aliphatic rings. The van der Waals surface area contributed by atoms with Gasteiger partial charge in [-0.2, -0.15) is 0 Å². The van der Waals surface area contributed by atoms with Crippen LogP contribution in [0.1, 0.15) is 45.4 Å². The molecule has 0 aromatic rings. The van der Waals surface area contributed by atoms with Gasteiger partial charge in [0.1, 0.15) is 5.60 Å². The normalized spacial score (nSPS) is 29.1. The van der Waals surface area contributed by atoms with E-state index in [1.54, 1.807) is 6.92 Å². The Morgan fingerprint density at radius 1 is 1.25 bits per heavy atom. The number of fused-ring (bicyclic) bond motifs is 3. The van der Waals surface area contributed by atoms with Crippen molar-refractivity contribution in [2.45, 2.75) is 51.0 Å². The van der Waals surface area contributed by atoms with Crippen LogP contribution >= 0.6 is 15.9 Å². The Morgan fingerprint density at radius 3 is 2.35 bits per heavy atom. The summed E-state index contributed by atoms with van der Waals surface area (Å²) in [6.45, 7) is 1.90. The molecule has 6 heteroatoms. The van der Waals surface area contributed by atoms with Crippen molar-refractivity contribution in [3.05, 3.63) is 0 Å². The van der Waals surface area contributed by atoms with Crippen LogP contribution in [0.3, 0.4) is 0 Å². The van der Waals surface area contributed by atoms with E-state index in [-0.39, 0.29) is 23.2 Å². The van der Waals surface area contributed by atoms with Crippen LogP contribution in [-0.4, -0.2) is 35.0 Å². The summed E-state index contributed by atoms with van der Waals surface area (Å²) in [5, 5.41) is 3.90. The first-order chi connectivity index (χ1) is 9.60. The fourth-order valence-electron chi connectivity index (χ4n) is 2.95. The van der Waals surface area contributed by atoms with Gasteiger partial charge >= 0.3 is 5.97 Å². The van der Waals surface area contributed by atoms with Crippen molar-refractivity contribution in [1.82, 2.24) is 0 Å². The van der Waals surface area contributed by atoms with E-state index in [9.17, 15) is 9.59 Å². The van der Waals surface area contributed by atoms with Crippen molar-refractivity contribution < 1.29 is 19.2 Å². The topological polar surface area (TPSA) is 65.0 Å². The molecule has 0 heterocycles. The molecule has 0 spiro atoms. The summed E-state index contributed by atoms with van der Waals surface area (Å²) >= 11 is 3.05. The molecule has 0 saturated heterocycles. The Balaban J connectivity index is 2.08. The van der Waals surface area contributed by atoms with Crippen molar-refractivity contribution in [2.75, 3.05) is 11.9 Å². The Kier molecular flexibility index (Phi) is 5.18. The molecule has 0 unspecified atom stereocenters. The number of esters is 1. The van der Waals surface area contributed by atoms with Crippen LogP contribution in [0.2, 0.25) is 0 Å². The number of rotatable bonds is 6. The number of ether oxygens (including phenoxy) is 1. The maximum Gasteiger partial charge on any atom is 0.364 e. The molecule has 0 amide bonds. The molecule has 0 aromatic heterocycles. The highest BCUT2D eigenvalue weighted by molar-refractivity contribution is 9.09. The minimum atomic E-state index is -0.710. The number of ketones is 1. The number of halogens is 1. The maximum absolute atomic E-state index is 11.7. The molecule has 0 N–H and O–H groups in total. The second-order valence-corrected chi connectivity index (χ2v) is 6.03. The monoisotopic (exact) mass is 345 g/mol. The Hall–Kier alpha value is -0.910. The molecular weight excluding hydrogens is 326 g/mol. The molecule has 5 nitrogen and oxygen atoms in total. The van der Waals surface area contributed by atoms with E-state index < -0.39 is 11.8 Å². The zero-order valence-corrected chi connectivity index (χ0v) is 13.3. The summed E-state index contributed by atoms with van der Waals surface area (Å²) in [5.74, 6) is -0.305. The Morgan fingerprint density at radius 2 is 1.85 bits per heavy atom. The molecule has 0 atom stereocenters. The third-order valence-electron chi connectivity index (χ3n) is 4.21. The number of hydrogen-bond acceptors (Lipinski definition) is 5. The molecule has 3 fully saturated rings. The largest absolute Gasteiger partial charge is 0.461 e. The van der Waals surface area contributed by atoms with Crippen LogP contribution in [0.25, 0.3) is 0 Å². The van der Waals surface area contributed by atoms with Crippen LogP contribution in [-0.2, 0) is 19.2 Å².